The van der Waals surface area contributed by atoms with E-state index in [2.05, 4.69) is 15.2 Å². The zero-order valence-corrected chi connectivity index (χ0v) is 10.2. The highest BCUT2D eigenvalue weighted by molar-refractivity contribution is 5.52. The van der Waals surface area contributed by atoms with Crippen LogP contribution >= 0.6 is 0 Å². The number of aromatic nitrogens is 1. The predicted molar refractivity (Wildman–Crippen MR) is 67.7 cm³/mol. The molecule has 3 heterocycles. The van der Waals surface area contributed by atoms with Crippen LogP contribution in [-0.2, 0) is 0 Å². The molecule has 0 radical (unpaired) electrons. The minimum absolute atomic E-state index is 0.113. The average Bonchev–Trinajstić information content (AvgIpc) is 2.98. The molecule has 0 aromatic carbocycles. The lowest BCUT2D eigenvalue weighted by Gasteiger charge is -2.18. The smallest absolute Gasteiger partial charge is 0.305 e. The number of nitriles is 1. The summed E-state index contributed by atoms with van der Waals surface area (Å²) in [5, 5.41) is 23.1. The SMILES string of the molecule is N#Cc1nc(N2CC3CNCC3C2)ccc1[N+](=O)[O-]. The van der Waals surface area contributed by atoms with E-state index in [0.717, 1.165) is 26.2 Å². The first-order valence-electron chi connectivity index (χ1n) is 6.20. The molecule has 0 bridgehead atoms. The number of rotatable bonds is 2. The molecule has 1 aromatic rings. The van der Waals surface area contributed by atoms with Crippen LogP contribution in [0.15, 0.2) is 12.1 Å². The van der Waals surface area contributed by atoms with Crippen molar-refractivity contribution < 1.29 is 4.92 Å². The molecule has 0 saturated carbocycles. The second-order valence-electron chi connectivity index (χ2n) is 4.99. The molecule has 0 amide bonds. The van der Waals surface area contributed by atoms with Crippen LogP contribution in [0.1, 0.15) is 5.69 Å². The summed E-state index contributed by atoms with van der Waals surface area (Å²) in [5.74, 6) is 1.89. The van der Waals surface area contributed by atoms with Crippen LogP contribution < -0.4 is 10.2 Å². The van der Waals surface area contributed by atoms with Crippen molar-refractivity contribution in [2.24, 2.45) is 11.8 Å². The molecule has 2 unspecified atom stereocenters. The first kappa shape index (κ1) is 11.9. The van der Waals surface area contributed by atoms with Gasteiger partial charge in [0.05, 0.1) is 4.92 Å². The fraction of sp³-hybridized carbons (Fsp3) is 0.500. The third-order valence-corrected chi connectivity index (χ3v) is 3.88. The highest BCUT2D eigenvalue weighted by Crippen LogP contribution is 2.30. The van der Waals surface area contributed by atoms with Crippen molar-refractivity contribution in [2.75, 3.05) is 31.1 Å². The van der Waals surface area contributed by atoms with Gasteiger partial charge in [0.25, 0.3) is 0 Å². The first-order chi connectivity index (χ1) is 9.19. The van der Waals surface area contributed by atoms with Gasteiger partial charge in [-0.3, -0.25) is 10.1 Å². The van der Waals surface area contributed by atoms with E-state index >= 15 is 0 Å². The van der Waals surface area contributed by atoms with Gasteiger partial charge in [-0.1, -0.05) is 0 Å². The summed E-state index contributed by atoms with van der Waals surface area (Å²) in [5.41, 5.74) is -0.343. The van der Waals surface area contributed by atoms with Crippen LogP contribution in [0.4, 0.5) is 11.5 Å². The molecule has 7 nitrogen and oxygen atoms in total. The van der Waals surface area contributed by atoms with E-state index in [1.807, 2.05) is 0 Å². The molecule has 1 aromatic heterocycles. The standard InChI is InChI=1S/C12H13N5O2/c13-3-10-11(17(18)19)1-2-12(15-10)16-6-8-4-14-5-9(8)7-16/h1-2,8-9,14H,4-7H2. The molecule has 0 spiro atoms. The van der Waals surface area contributed by atoms with E-state index in [-0.39, 0.29) is 11.4 Å². The summed E-state index contributed by atoms with van der Waals surface area (Å²) in [6.45, 7) is 3.82. The maximum absolute atomic E-state index is 10.8. The van der Waals surface area contributed by atoms with Crippen molar-refractivity contribution in [2.45, 2.75) is 0 Å². The topological polar surface area (TPSA) is 95.1 Å². The molecule has 0 aliphatic carbocycles. The van der Waals surface area contributed by atoms with E-state index in [1.54, 1.807) is 12.1 Å². The second kappa shape index (κ2) is 4.48. The number of hydrogen-bond acceptors (Lipinski definition) is 6. The largest absolute Gasteiger partial charge is 0.356 e. The normalized spacial score (nSPS) is 25.1. The van der Waals surface area contributed by atoms with Crippen molar-refractivity contribution in [3.8, 4) is 6.07 Å². The highest BCUT2D eigenvalue weighted by atomic mass is 16.6. The third kappa shape index (κ3) is 2.00. The molecule has 1 N–H and O–H groups in total. The first-order valence-corrected chi connectivity index (χ1v) is 6.20. The molecule has 2 aliphatic rings. The minimum Gasteiger partial charge on any atom is -0.356 e. The van der Waals surface area contributed by atoms with Crippen molar-refractivity contribution >= 4 is 11.5 Å². The van der Waals surface area contributed by atoms with Gasteiger partial charge in [-0.2, -0.15) is 5.26 Å². The van der Waals surface area contributed by atoms with Gasteiger partial charge >= 0.3 is 5.69 Å². The number of nitrogens with zero attached hydrogens (tertiary/aromatic N) is 4. The summed E-state index contributed by atoms with van der Waals surface area (Å²) < 4.78 is 0. The van der Waals surface area contributed by atoms with Crippen LogP contribution in [0, 0.1) is 33.3 Å². The predicted octanol–water partition coefficient (Wildman–Crippen LogP) is 0.517. The number of nitrogens with one attached hydrogen (secondary N) is 1. The fourth-order valence-corrected chi connectivity index (χ4v) is 2.89. The Bertz CT molecular complexity index is 556. The zero-order valence-electron chi connectivity index (χ0n) is 10.2. The molecule has 19 heavy (non-hydrogen) atoms. The van der Waals surface area contributed by atoms with Gasteiger partial charge in [0.1, 0.15) is 11.9 Å². The monoisotopic (exact) mass is 259 g/mol. The lowest BCUT2D eigenvalue weighted by atomic mass is 10.0. The van der Waals surface area contributed by atoms with E-state index < -0.39 is 4.92 Å². The van der Waals surface area contributed by atoms with Crippen LogP contribution in [0.25, 0.3) is 0 Å². The molecule has 98 valence electrons. The molecule has 2 fully saturated rings. The molecule has 7 heteroatoms. The summed E-state index contributed by atoms with van der Waals surface area (Å²) in [4.78, 5) is 16.4. The Labute approximate surface area is 110 Å². The number of anilines is 1. The lowest BCUT2D eigenvalue weighted by molar-refractivity contribution is -0.385. The van der Waals surface area contributed by atoms with Crippen molar-refractivity contribution in [1.29, 1.82) is 5.26 Å². The van der Waals surface area contributed by atoms with Crippen molar-refractivity contribution in [1.82, 2.24) is 10.3 Å². The number of nitro groups is 1. The maximum atomic E-state index is 10.8. The quantitative estimate of drug-likeness (QED) is 0.614. The summed E-state index contributed by atoms with van der Waals surface area (Å²) >= 11 is 0. The van der Waals surface area contributed by atoms with E-state index in [9.17, 15) is 10.1 Å². The van der Waals surface area contributed by atoms with Crippen LogP contribution in [0.5, 0.6) is 0 Å². The van der Waals surface area contributed by atoms with E-state index in [1.165, 1.54) is 6.07 Å². The summed E-state index contributed by atoms with van der Waals surface area (Å²) in [7, 11) is 0. The maximum Gasteiger partial charge on any atom is 0.305 e. The van der Waals surface area contributed by atoms with Crippen LogP contribution in [0.3, 0.4) is 0 Å². The van der Waals surface area contributed by atoms with Crippen molar-refractivity contribution in [3.05, 3.63) is 27.9 Å². The van der Waals surface area contributed by atoms with Gasteiger partial charge in [0.15, 0.2) is 0 Å². The van der Waals surface area contributed by atoms with Crippen LogP contribution in [0.2, 0.25) is 0 Å². The Morgan fingerprint density at radius 1 is 1.42 bits per heavy atom. The van der Waals surface area contributed by atoms with Gasteiger partial charge in [0, 0.05) is 32.2 Å². The molecule has 2 saturated heterocycles. The lowest BCUT2D eigenvalue weighted by Crippen LogP contribution is -2.26. The Morgan fingerprint density at radius 2 is 2.11 bits per heavy atom. The minimum atomic E-state index is -0.571. The average molecular weight is 259 g/mol. The van der Waals surface area contributed by atoms with Crippen LogP contribution in [-0.4, -0.2) is 36.1 Å². The molecule has 2 aliphatic heterocycles. The third-order valence-electron chi connectivity index (χ3n) is 3.88. The Balaban J connectivity index is 1.87. The molecule has 2 atom stereocenters. The van der Waals surface area contributed by atoms with Crippen molar-refractivity contribution in [3.63, 3.8) is 0 Å². The molecule has 3 rings (SSSR count). The molecular weight excluding hydrogens is 246 g/mol. The Morgan fingerprint density at radius 3 is 2.68 bits per heavy atom. The Kier molecular flexibility index (Phi) is 2.80. The van der Waals surface area contributed by atoms with Gasteiger partial charge < -0.3 is 10.2 Å². The number of fused-ring (bicyclic) bond motifs is 1. The van der Waals surface area contributed by atoms with Gasteiger partial charge in [-0.15, -0.1) is 0 Å². The van der Waals surface area contributed by atoms with E-state index in [0.29, 0.717) is 17.7 Å². The summed E-state index contributed by atoms with van der Waals surface area (Å²) in [6.07, 6.45) is 0. The number of hydrogen-bond donors (Lipinski definition) is 1. The van der Waals surface area contributed by atoms with Gasteiger partial charge in [-0.05, 0) is 17.9 Å². The second-order valence-corrected chi connectivity index (χ2v) is 4.99. The highest BCUT2D eigenvalue weighted by Gasteiger charge is 2.36. The summed E-state index contributed by atoms with van der Waals surface area (Å²) in [6, 6.07) is 4.80. The Hall–Kier alpha value is -2.20. The number of pyridine rings is 1. The van der Waals surface area contributed by atoms with Gasteiger partial charge in [-0.25, -0.2) is 4.98 Å². The zero-order chi connectivity index (χ0) is 13.4. The van der Waals surface area contributed by atoms with Gasteiger partial charge in [0.2, 0.25) is 5.69 Å². The van der Waals surface area contributed by atoms with E-state index in [4.69, 9.17) is 5.26 Å². The fourth-order valence-electron chi connectivity index (χ4n) is 2.89. The molecular formula is C12H13N5O2.